The van der Waals surface area contributed by atoms with Crippen LogP contribution in [0.3, 0.4) is 0 Å². The Hall–Kier alpha value is -1.10. The zero-order valence-corrected chi connectivity index (χ0v) is 11.4. The van der Waals surface area contributed by atoms with Gasteiger partial charge in [0.25, 0.3) is 0 Å². The lowest BCUT2D eigenvalue weighted by Gasteiger charge is -2.14. The van der Waals surface area contributed by atoms with Crippen LogP contribution in [-0.2, 0) is 6.18 Å². The lowest BCUT2D eigenvalue weighted by molar-refractivity contribution is -0.137. The fourth-order valence-corrected chi connectivity index (χ4v) is 2.73. The van der Waals surface area contributed by atoms with Crippen LogP contribution < -0.4 is 0 Å². The van der Waals surface area contributed by atoms with E-state index in [1.165, 1.54) is 12.1 Å². The number of benzene rings is 1. The van der Waals surface area contributed by atoms with Crippen LogP contribution in [0.5, 0.6) is 0 Å². The van der Waals surface area contributed by atoms with E-state index in [9.17, 15) is 13.2 Å². The lowest BCUT2D eigenvalue weighted by atomic mass is 9.97. The molecule has 1 nitrogen and oxygen atoms in total. The summed E-state index contributed by atoms with van der Waals surface area (Å²) in [7, 11) is 0. The van der Waals surface area contributed by atoms with Crippen molar-refractivity contribution >= 4 is 26.8 Å². The second-order valence-corrected chi connectivity index (χ2v) is 5.26. The molecule has 0 aliphatic carbocycles. The van der Waals surface area contributed by atoms with Gasteiger partial charge in [-0.15, -0.1) is 0 Å². The van der Waals surface area contributed by atoms with E-state index in [2.05, 4.69) is 20.9 Å². The zero-order chi connectivity index (χ0) is 13.5. The lowest BCUT2D eigenvalue weighted by Crippen LogP contribution is -2.05. The molecule has 0 saturated carbocycles. The van der Waals surface area contributed by atoms with E-state index in [1.54, 1.807) is 6.20 Å². The third kappa shape index (κ3) is 2.36. The maximum Gasteiger partial charge on any atom is 0.416 e. The first-order valence-electron chi connectivity index (χ1n) is 5.46. The van der Waals surface area contributed by atoms with Crippen LogP contribution in [0, 0.1) is 0 Å². The summed E-state index contributed by atoms with van der Waals surface area (Å²) < 4.78 is 38.9. The number of hydrogen-bond acceptors (Lipinski definition) is 1. The summed E-state index contributed by atoms with van der Waals surface area (Å²) in [6, 6.07) is 3.65. The van der Waals surface area contributed by atoms with Crippen LogP contribution in [0.1, 0.15) is 30.9 Å². The molecule has 2 rings (SSSR count). The van der Waals surface area contributed by atoms with Gasteiger partial charge in [0, 0.05) is 16.1 Å². The van der Waals surface area contributed by atoms with Crippen molar-refractivity contribution in [3.63, 3.8) is 0 Å². The Morgan fingerprint density at radius 2 is 1.89 bits per heavy atom. The van der Waals surface area contributed by atoms with Gasteiger partial charge in [0.1, 0.15) is 0 Å². The average molecular weight is 318 g/mol. The van der Waals surface area contributed by atoms with Crippen LogP contribution in [0.2, 0.25) is 0 Å². The zero-order valence-electron chi connectivity index (χ0n) is 9.85. The number of alkyl halides is 3. The number of aromatic nitrogens is 1. The van der Waals surface area contributed by atoms with Gasteiger partial charge in [-0.2, -0.15) is 13.2 Å². The van der Waals surface area contributed by atoms with Crippen molar-refractivity contribution in [2.45, 2.75) is 25.9 Å². The van der Waals surface area contributed by atoms with Crippen molar-refractivity contribution in [3.05, 3.63) is 40.0 Å². The van der Waals surface area contributed by atoms with Crippen molar-refractivity contribution in [1.29, 1.82) is 0 Å². The minimum absolute atomic E-state index is 0.119. The van der Waals surface area contributed by atoms with Gasteiger partial charge in [0.05, 0.1) is 11.1 Å². The molecule has 0 fully saturated rings. The summed E-state index contributed by atoms with van der Waals surface area (Å²) in [6.07, 6.45) is -2.70. The largest absolute Gasteiger partial charge is 0.416 e. The quantitative estimate of drug-likeness (QED) is 0.709. The summed E-state index contributed by atoms with van der Waals surface area (Å²) in [6.45, 7) is 3.89. The molecule has 1 heterocycles. The monoisotopic (exact) mass is 317 g/mol. The van der Waals surface area contributed by atoms with Gasteiger partial charge in [-0.3, -0.25) is 4.98 Å². The SMILES string of the molecule is CC(C)c1c(Br)cnc2ccc(C(F)(F)F)cc12. The molecule has 0 radical (unpaired) electrons. The second kappa shape index (κ2) is 4.53. The minimum Gasteiger partial charge on any atom is -0.255 e. The van der Waals surface area contributed by atoms with E-state index in [0.29, 0.717) is 10.9 Å². The Bertz CT molecular complexity index is 591. The molecule has 1 aromatic heterocycles. The average Bonchev–Trinajstić information content (AvgIpc) is 2.26. The molecule has 0 unspecified atom stereocenters. The maximum atomic E-state index is 12.7. The van der Waals surface area contributed by atoms with Crippen LogP contribution in [0.25, 0.3) is 10.9 Å². The highest BCUT2D eigenvalue weighted by Crippen LogP contribution is 2.35. The number of hydrogen-bond donors (Lipinski definition) is 0. The smallest absolute Gasteiger partial charge is 0.255 e. The third-order valence-corrected chi connectivity index (χ3v) is 3.40. The molecule has 0 N–H and O–H groups in total. The highest BCUT2D eigenvalue weighted by molar-refractivity contribution is 9.10. The molecular weight excluding hydrogens is 307 g/mol. The molecule has 0 atom stereocenters. The standard InChI is InChI=1S/C13H11BrF3N/c1-7(2)12-9-5-8(13(15,16)17)3-4-11(9)18-6-10(12)14/h3-7H,1-2H3. The fraction of sp³-hybridized carbons (Fsp3) is 0.308. The van der Waals surface area contributed by atoms with Crippen LogP contribution in [-0.4, -0.2) is 4.98 Å². The van der Waals surface area contributed by atoms with E-state index < -0.39 is 11.7 Å². The Morgan fingerprint density at radius 3 is 2.44 bits per heavy atom. The molecule has 0 spiro atoms. The molecule has 1 aromatic carbocycles. The number of rotatable bonds is 1. The van der Waals surface area contributed by atoms with Gasteiger partial charge >= 0.3 is 6.18 Å². The summed E-state index contributed by atoms with van der Waals surface area (Å²) in [5.74, 6) is 0.119. The normalized spacial score (nSPS) is 12.4. The van der Waals surface area contributed by atoms with Gasteiger partial charge in [-0.05, 0) is 45.6 Å². The minimum atomic E-state index is -4.33. The first-order chi connectivity index (χ1) is 8.30. The van der Waals surface area contributed by atoms with Gasteiger partial charge in [-0.1, -0.05) is 13.8 Å². The molecular formula is C13H11BrF3N. The topological polar surface area (TPSA) is 12.9 Å². The van der Waals surface area contributed by atoms with Crippen molar-refractivity contribution in [2.75, 3.05) is 0 Å². The molecule has 0 amide bonds. The first kappa shape index (κ1) is 13.3. The molecule has 5 heteroatoms. The van der Waals surface area contributed by atoms with Crippen molar-refractivity contribution in [2.24, 2.45) is 0 Å². The van der Waals surface area contributed by atoms with E-state index in [-0.39, 0.29) is 5.92 Å². The van der Waals surface area contributed by atoms with E-state index >= 15 is 0 Å². The number of halogens is 4. The molecule has 0 bridgehead atoms. The molecule has 0 aliphatic heterocycles. The number of fused-ring (bicyclic) bond motifs is 1. The molecule has 0 aliphatic rings. The summed E-state index contributed by atoms with van der Waals surface area (Å²) >= 11 is 3.35. The van der Waals surface area contributed by atoms with E-state index in [1.807, 2.05) is 13.8 Å². The Labute approximate surface area is 111 Å². The Morgan fingerprint density at radius 1 is 1.22 bits per heavy atom. The highest BCUT2D eigenvalue weighted by Gasteiger charge is 2.30. The van der Waals surface area contributed by atoms with Crippen molar-refractivity contribution in [1.82, 2.24) is 4.98 Å². The van der Waals surface area contributed by atoms with Gasteiger partial charge < -0.3 is 0 Å². The summed E-state index contributed by atoms with van der Waals surface area (Å²) in [5, 5.41) is 0.550. The Balaban J connectivity index is 2.77. The van der Waals surface area contributed by atoms with Crippen LogP contribution in [0.4, 0.5) is 13.2 Å². The second-order valence-electron chi connectivity index (χ2n) is 4.40. The van der Waals surface area contributed by atoms with Gasteiger partial charge in [0.15, 0.2) is 0 Å². The highest BCUT2D eigenvalue weighted by atomic mass is 79.9. The molecule has 96 valence electrons. The molecule has 2 aromatic rings. The van der Waals surface area contributed by atoms with Crippen molar-refractivity contribution in [3.8, 4) is 0 Å². The fourth-order valence-electron chi connectivity index (χ4n) is 1.95. The third-order valence-electron chi connectivity index (χ3n) is 2.77. The van der Waals surface area contributed by atoms with Gasteiger partial charge in [-0.25, -0.2) is 0 Å². The molecule has 0 saturated heterocycles. The summed E-state index contributed by atoms with van der Waals surface area (Å²) in [4.78, 5) is 4.13. The first-order valence-corrected chi connectivity index (χ1v) is 6.25. The Kier molecular flexibility index (Phi) is 3.36. The maximum absolute atomic E-state index is 12.7. The van der Waals surface area contributed by atoms with Gasteiger partial charge in [0.2, 0.25) is 0 Å². The van der Waals surface area contributed by atoms with Crippen molar-refractivity contribution < 1.29 is 13.2 Å². The predicted octanol–water partition coefficient (Wildman–Crippen LogP) is 5.14. The van der Waals surface area contributed by atoms with Crippen LogP contribution in [0.15, 0.2) is 28.9 Å². The predicted molar refractivity (Wildman–Crippen MR) is 68.5 cm³/mol. The summed E-state index contributed by atoms with van der Waals surface area (Å²) in [5.41, 5.74) is 0.790. The molecule has 18 heavy (non-hydrogen) atoms. The van der Waals surface area contributed by atoms with E-state index in [4.69, 9.17) is 0 Å². The number of nitrogens with zero attached hydrogens (tertiary/aromatic N) is 1. The van der Waals surface area contributed by atoms with E-state index in [0.717, 1.165) is 16.1 Å². The van der Waals surface area contributed by atoms with Crippen LogP contribution >= 0.6 is 15.9 Å². The number of pyridine rings is 1.